The van der Waals surface area contributed by atoms with Gasteiger partial charge in [-0.15, -0.1) is 5.10 Å². The second kappa shape index (κ2) is 16.0. The topological polar surface area (TPSA) is 132 Å². The fourth-order valence-corrected chi connectivity index (χ4v) is 4.82. The second-order valence-corrected chi connectivity index (χ2v) is 10.1. The molecule has 1 aliphatic rings. The molecule has 2 atom stereocenters. The molecule has 2 amide bonds. The number of anilines is 1. The maximum atomic E-state index is 12.5. The number of nitrogens with zero attached hydrogens (tertiary/aromatic N) is 3. The van der Waals surface area contributed by atoms with Crippen LogP contribution >= 0.6 is 0 Å². The highest BCUT2D eigenvalue weighted by Crippen LogP contribution is 2.22. The Kier molecular flexibility index (Phi) is 12.4. The number of nitrogens with one attached hydrogen (secondary N) is 3. The molecule has 0 radical (unpaired) electrons. The predicted molar refractivity (Wildman–Crippen MR) is 149 cm³/mol. The third-order valence-corrected chi connectivity index (χ3v) is 7.11. The number of benzene rings is 1. The Bertz CT molecular complexity index is 980. The Hall–Kier alpha value is -3.14. The molecule has 1 aromatic carbocycles. The normalized spacial score (nSPS) is 17.1. The molecule has 38 heavy (non-hydrogen) atoms. The average Bonchev–Trinajstić information content (AvgIpc) is 3.57. The molecule has 1 aliphatic heterocycles. The summed E-state index contributed by atoms with van der Waals surface area (Å²) in [5, 5.41) is 22.3. The minimum atomic E-state index is -0.973. The molecule has 1 fully saturated rings. The first kappa shape index (κ1) is 29.4. The Morgan fingerprint density at radius 1 is 1.00 bits per heavy atom. The number of H-pyrrole nitrogens is 1. The summed E-state index contributed by atoms with van der Waals surface area (Å²) in [6.45, 7) is 4.00. The summed E-state index contributed by atoms with van der Waals surface area (Å²) >= 11 is 0. The van der Waals surface area contributed by atoms with Gasteiger partial charge < -0.3 is 25.4 Å². The summed E-state index contributed by atoms with van der Waals surface area (Å²) < 4.78 is 5.61. The first-order chi connectivity index (χ1) is 18.5. The quantitative estimate of drug-likeness (QED) is 0.213. The van der Waals surface area contributed by atoms with Crippen molar-refractivity contribution in [3.05, 3.63) is 29.8 Å². The van der Waals surface area contributed by atoms with Crippen molar-refractivity contribution in [1.29, 1.82) is 0 Å². The van der Waals surface area contributed by atoms with E-state index in [2.05, 4.69) is 32.7 Å². The molecule has 10 nitrogen and oxygen atoms in total. The van der Waals surface area contributed by atoms with Crippen LogP contribution in [-0.2, 0) is 4.74 Å². The van der Waals surface area contributed by atoms with Crippen LogP contribution < -0.4 is 15.5 Å². The highest BCUT2D eigenvalue weighted by Gasteiger charge is 2.35. The van der Waals surface area contributed by atoms with E-state index in [0.717, 1.165) is 18.4 Å². The molecule has 2 heterocycles. The number of carboxylic acids is 1. The van der Waals surface area contributed by atoms with Crippen molar-refractivity contribution in [2.75, 3.05) is 31.6 Å². The fraction of sp³-hybridized carbons (Fsp3) is 0.643. The highest BCUT2D eigenvalue weighted by atomic mass is 16.5. The van der Waals surface area contributed by atoms with E-state index in [-0.39, 0.29) is 23.7 Å². The van der Waals surface area contributed by atoms with Gasteiger partial charge in [0.25, 0.3) is 0 Å². The lowest BCUT2D eigenvalue weighted by atomic mass is 10.1. The molecule has 10 heteroatoms. The summed E-state index contributed by atoms with van der Waals surface area (Å²) in [4.78, 5) is 30.1. The zero-order valence-electron chi connectivity index (χ0n) is 22.9. The van der Waals surface area contributed by atoms with Crippen molar-refractivity contribution in [2.45, 2.75) is 89.7 Å². The van der Waals surface area contributed by atoms with Gasteiger partial charge in [0, 0.05) is 32.3 Å². The summed E-state index contributed by atoms with van der Waals surface area (Å²) in [6.07, 6.45) is 13.9. The monoisotopic (exact) mass is 528 g/mol. The Morgan fingerprint density at radius 2 is 1.63 bits per heavy atom. The molecule has 0 saturated carbocycles. The van der Waals surface area contributed by atoms with Crippen molar-refractivity contribution in [3.8, 4) is 11.4 Å². The molecular formula is C28H44N6O4. The zero-order valence-corrected chi connectivity index (χ0v) is 22.9. The fourth-order valence-electron chi connectivity index (χ4n) is 4.82. The first-order valence-electron chi connectivity index (χ1n) is 14.1. The summed E-state index contributed by atoms with van der Waals surface area (Å²) in [6, 6.07) is 6.09. The standard InChI is InChI=1S/C28H44N6O4/c1-3-4-5-6-7-8-9-10-11-12-13-18-29-28(37)30-23-19-34(20-24(23)38-2)27-31-25(32-33-27)21-14-16-22(17-15-21)26(35)36/h14-17,23-24H,3-13,18-20H2,1-2H3,(H,35,36)(H2,29,30,37)(H,31,32,33)/t23-,24-/m0/s1. The van der Waals surface area contributed by atoms with E-state index in [4.69, 9.17) is 9.84 Å². The van der Waals surface area contributed by atoms with E-state index in [1.165, 1.54) is 69.9 Å². The summed E-state index contributed by atoms with van der Waals surface area (Å²) in [5.74, 6) is 0.0842. The Morgan fingerprint density at radius 3 is 2.24 bits per heavy atom. The molecule has 0 spiro atoms. The van der Waals surface area contributed by atoms with Gasteiger partial charge in [-0.1, -0.05) is 83.3 Å². The summed E-state index contributed by atoms with van der Waals surface area (Å²) in [7, 11) is 1.64. The Balaban J connectivity index is 1.34. The molecular weight excluding hydrogens is 484 g/mol. The van der Waals surface area contributed by atoms with E-state index in [0.29, 0.717) is 31.4 Å². The molecule has 1 saturated heterocycles. The first-order valence-corrected chi connectivity index (χ1v) is 14.1. The van der Waals surface area contributed by atoms with Crippen LogP contribution in [0.15, 0.2) is 24.3 Å². The third-order valence-electron chi connectivity index (χ3n) is 7.11. The van der Waals surface area contributed by atoms with Crippen LogP contribution in [0, 0.1) is 0 Å². The third kappa shape index (κ3) is 9.31. The van der Waals surface area contributed by atoms with Gasteiger partial charge in [-0.2, -0.15) is 4.98 Å². The molecule has 210 valence electrons. The van der Waals surface area contributed by atoms with Crippen molar-refractivity contribution in [3.63, 3.8) is 0 Å². The van der Waals surface area contributed by atoms with Gasteiger partial charge in [0.1, 0.15) is 0 Å². The van der Waals surface area contributed by atoms with Crippen LogP contribution in [0.5, 0.6) is 0 Å². The van der Waals surface area contributed by atoms with Crippen LogP contribution in [0.4, 0.5) is 10.7 Å². The highest BCUT2D eigenvalue weighted by molar-refractivity contribution is 5.88. The number of amides is 2. The maximum Gasteiger partial charge on any atom is 0.335 e. The van der Waals surface area contributed by atoms with Gasteiger partial charge in [0.2, 0.25) is 5.95 Å². The number of carbonyl (C=O) groups excluding carboxylic acids is 1. The maximum absolute atomic E-state index is 12.5. The number of urea groups is 1. The van der Waals surface area contributed by atoms with E-state index in [1.54, 1.807) is 19.2 Å². The van der Waals surface area contributed by atoms with Gasteiger partial charge >= 0.3 is 12.0 Å². The number of aromatic carboxylic acids is 1. The number of carboxylic acid groups (broad SMARTS) is 1. The van der Waals surface area contributed by atoms with Crippen LogP contribution in [0.3, 0.4) is 0 Å². The lowest BCUT2D eigenvalue weighted by Gasteiger charge is -2.18. The Labute approximate surface area is 225 Å². The van der Waals surface area contributed by atoms with E-state index >= 15 is 0 Å². The predicted octanol–water partition coefficient (Wildman–Crippen LogP) is 4.98. The smallest absolute Gasteiger partial charge is 0.335 e. The van der Waals surface area contributed by atoms with Crippen molar-refractivity contribution in [2.24, 2.45) is 0 Å². The zero-order chi connectivity index (χ0) is 27.2. The number of ether oxygens (including phenoxy) is 1. The number of rotatable bonds is 17. The minimum absolute atomic E-state index is 0.180. The van der Waals surface area contributed by atoms with Gasteiger partial charge in [0.05, 0.1) is 17.7 Å². The van der Waals surface area contributed by atoms with Crippen LogP contribution in [0.25, 0.3) is 11.4 Å². The number of hydrogen-bond acceptors (Lipinski definition) is 6. The lowest BCUT2D eigenvalue weighted by Crippen LogP contribution is -2.48. The molecule has 1 aromatic heterocycles. The minimum Gasteiger partial charge on any atom is -0.478 e. The molecule has 3 rings (SSSR count). The number of carbonyl (C=O) groups is 2. The number of aromatic amines is 1. The van der Waals surface area contributed by atoms with E-state index in [9.17, 15) is 9.59 Å². The van der Waals surface area contributed by atoms with E-state index in [1.807, 2.05) is 4.90 Å². The molecule has 0 unspecified atom stereocenters. The van der Waals surface area contributed by atoms with Crippen LogP contribution in [0.2, 0.25) is 0 Å². The number of hydrogen-bond donors (Lipinski definition) is 4. The molecule has 4 N–H and O–H groups in total. The molecule has 0 aliphatic carbocycles. The second-order valence-electron chi connectivity index (χ2n) is 10.1. The number of aromatic nitrogens is 3. The van der Waals surface area contributed by atoms with Gasteiger partial charge in [-0.05, 0) is 18.6 Å². The molecule has 2 aromatic rings. The molecule has 0 bridgehead atoms. The van der Waals surface area contributed by atoms with Crippen molar-refractivity contribution < 1.29 is 19.4 Å². The van der Waals surface area contributed by atoms with Gasteiger partial charge in [-0.25, -0.2) is 9.59 Å². The van der Waals surface area contributed by atoms with Crippen molar-refractivity contribution >= 4 is 17.9 Å². The largest absolute Gasteiger partial charge is 0.478 e. The SMILES string of the molecule is CCCCCCCCCCCCCNC(=O)N[C@H]1CN(c2n[nH]c(-c3ccc(C(=O)O)cc3)n2)C[C@@H]1OC. The van der Waals surface area contributed by atoms with Gasteiger partial charge in [0.15, 0.2) is 5.82 Å². The average molecular weight is 529 g/mol. The number of unbranched alkanes of at least 4 members (excludes halogenated alkanes) is 10. The van der Waals surface area contributed by atoms with Gasteiger partial charge in [-0.3, -0.25) is 5.10 Å². The van der Waals surface area contributed by atoms with Crippen LogP contribution in [0.1, 0.15) is 87.9 Å². The van der Waals surface area contributed by atoms with Crippen LogP contribution in [-0.4, -0.2) is 71.2 Å². The van der Waals surface area contributed by atoms with Crippen molar-refractivity contribution in [1.82, 2.24) is 25.8 Å². The van der Waals surface area contributed by atoms with E-state index < -0.39 is 5.97 Å². The lowest BCUT2D eigenvalue weighted by molar-refractivity contribution is 0.0697. The summed E-state index contributed by atoms with van der Waals surface area (Å²) in [5.41, 5.74) is 0.958. The number of methoxy groups -OCH3 is 1.